The van der Waals surface area contributed by atoms with Crippen LogP contribution in [0.4, 0.5) is 20.3 Å². The first-order chi connectivity index (χ1) is 19.7. The smallest absolute Gasteiger partial charge is 0.296 e. The van der Waals surface area contributed by atoms with Crippen LogP contribution in [0.3, 0.4) is 0 Å². The van der Waals surface area contributed by atoms with Gasteiger partial charge in [0.1, 0.15) is 23.7 Å². The fourth-order valence-electron chi connectivity index (χ4n) is 4.56. The summed E-state index contributed by atoms with van der Waals surface area (Å²) in [7, 11) is 4.93. The molecule has 0 saturated carbocycles. The van der Waals surface area contributed by atoms with E-state index in [1.807, 2.05) is 30.8 Å². The molecule has 13 heteroatoms. The zero-order valence-corrected chi connectivity index (χ0v) is 23.1. The summed E-state index contributed by atoms with van der Waals surface area (Å²) in [5, 5.41) is 3.63. The molecule has 0 bridgehead atoms. The van der Waals surface area contributed by atoms with Crippen molar-refractivity contribution in [3.05, 3.63) is 60.4 Å². The minimum absolute atomic E-state index is 0.0557. The van der Waals surface area contributed by atoms with E-state index in [2.05, 4.69) is 37.0 Å². The minimum atomic E-state index is -3.07. The number of piperidine rings is 1. The number of hydrogen-bond donors (Lipinski definition) is 1. The maximum atomic E-state index is 14.9. The van der Waals surface area contributed by atoms with Crippen LogP contribution in [0, 0.1) is 6.92 Å². The topological polar surface area (TPSA) is 112 Å². The molecule has 1 aromatic carbocycles. The Morgan fingerprint density at radius 2 is 2.05 bits per heavy atom. The third-order valence-electron chi connectivity index (χ3n) is 6.70. The Labute approximate surface area is 235 Å². The normalized spacial score (nSPS) is 17.3. The number of benzene rings is 1. The molecule has 1 N–H and O–H groups in total. The van der Waals surface area contributed by atoms with Crippen LogP contribution < -0.4 is 19.5 Å². The van der Waals surface area contributed by atoms with Crippen LogP contribution >= 0.6 is 0 Å². The summed E-state index contributed by atoms with van der Waals surface area (Å²) in [6.07, 6.45) is 6.80. The zero-order valence-electron chi connectivity index (χ0n) is 23.1. The molecule has 4 heterocycles. The zero-order chi connectivity index (χ0) is 29.1. The van der Waals surface area contributed by atoms with Gasteiger partial charge in [-0.2, -0.15) is 0 Å². The lowest BCUT2D eigenvalue weighted by molar-refractivity contribution is -0.135. The molecule has 1 aliphatic rings. The first kappa shape index (κ1) is 27.9. The van der Waals surface area contributed by atoms with Crippen LogP contribution in [-0.4, -0.2) is 75.4 Å². The van der Waals surface area contributed by atoms with Gasteiger partial charge in [0.05, 0.1) is 30.8 Å². The average molecular weight is 565 g/mol. The monoisotopic (exact) mass is 564 g/mol. The highest BCUT2D eigenvalue weighted by Gasteiger charge is 2.46. The second-order valence-electron chi connectivity index (χ2n) is 9.72. The van der Waals surface area contributed by atoms with Gasteiger partial charge in [0.25, 0.3) is 11.8 Å². The fourth-order valence-corrected chi connectivity index (χ4v) is 4.56. The first-order valence-corrected chi connectivity index (χ1v) is 12.8. The number of ether oxygens (including phenoxy) is 3. The van der Waals surface area contributed by atoms with Crippen molar-refractivity contribution in [1.82, 2.24) is 29.4 Å². The van der Waals surface area contributed by atoms with Crippen molar-refractivity contribution in [2.24, 2.45) is 12.0 Å². The van der Waals surface area contributed by atoms with E-state index >= 15 is 0 Å². The number of aromatic nitrogens is 5. The van der Waals surface area contributed by atoms with Crippen LogP contribution in [0.1, 0.15) is 17.8 Å². The molecule has 0 spiro atoms. The number of rotatable bonds is 9. The van der Waals surface area contributed by atoms with Gasteiger partial charge < -0.3 is 29.0 Å². The lowest BCUT2D eigenvalue weighted by Gasteiger charge is -2.36. The highest BCUT2D eigenvalue weighted by Crippen LogP contribution is 2.41. The SMILES string of the molecule is C=N/C(=C\c1nccn1C)Oc1ccc(Nc2ncnc3cnc(OC)c(O[C@@H]4CCN(C)CC4(F)F)c23)cc1C. The first-order valence-electron chi connectivity index (χ1n) is 12.8. The number of alkyl halides is 2. The van der Waals surface area contributed by atoms with Crippen molar-refractivity contribution in [2.45, 2.75) is 25.4 Å². The minimum Gasteiger partial charge on any atom is -0.478 e. The number of pyridine rings is 1. The number of imidazole rings is 1. The fraction of sp³-hybridized carbons (Fsp3) is 0.321. The number of fused-ring (bicyclic) bond motifs is 1. The molecule has 214 valence electrons. The van der Waals surface area contributed by atoms with Crippen molar-refractivity contribution in [1.29, 1.82) is 0 Å². The number of likely N-dealkylation sites (tertiary alicyclic amines) is 1. The molecule has 41 heavy (non-hydrogen) atoms. The van der Waals surface area contributed by atoms with Crippen molar-refractivity contribution in [3.8, 4) is 17.4 Å². The summed E-state index contributed by atoms with van der Waals surface area (Å²) < 4.78 is 49.0. The third kappa shape index (κ3) is 5.94. The number of anilines is 2. The van der Waals surface area contributed by atoms with E-state index in [4.69, 9.17) is 14.2 Å². The van der Waals surface area contributed by atoms with E-state index in [9.17, 15) is 8.78 Å². The van der Waals surface area contributed by atoms with E-state index in [0.29, 0.717) is 40.5 Å². The van der Waals surface area contributed by atoms with Gasteiger partial charge in [-0.05, 0) is 44.5 Å². The number of halogens is 2. The lowest BCUT2D eigenvalue weighted by atomic mass is 10.0. The van der Waals surface area contributed by atoms with E-state index < -0.39 is 18.6 Å². The Kier molecular flexibility index (Phi) is 7.79. The predicted molar refractivity (Wildman–Crippen MR) is 151 cm³/mol. The Morgan fingerprint density at radius 1 is 1.22 bits per heavy atom. The highest BCUT2D eigenvalue weighted by molar-refractivity contribution is 5.96. The maximum absolute atomic E-state index is 14.9. The van der Waals surface area contributed by atoms with Crippen molar-refractivity contribution in [2.75, 3.05) is 32.6 Å². The summed E-state index contributed by atoms with van der Waals surface area (Å²) in [5.41, 5.74) is 1.87. The van der Waals surface area contributed by atoms with E-state index in [-0.39, 0.29) is 23.9 Å². The standard InChI is InChI=1S/C28H30F2N8O3/c1-17-12-18(6-7-20(17)40-23(31-2)13-22-32-9-11-38(22)4)36-26-24-19(34-16-35-26)14-33-27(39-5)25(24)41-21-8-10-37(3)15-28(21,29)30/h6-7,9,11-14,16,21H,2,8,10,15H2,1,3-5H3,(H,34,35,36)/b23-13+/t21-/m1/s1. The van der Waals surface area contributed by atoms with Gasteiger partial charge in [0.2, 0.25) is 5.88 Å². The van der Waals surface area contributed by atoms with Crippen LogP contribution in [0.2, 0.25) is 0 Å². The lowest BCUT2D eigenvalue weighted by Crippen LogP contribution is -2.52. The van der Waals surface area contributed by atoms with Gasteiger partial charge in [0, 0.05) is 44.2 Å². The maximum Gasteiger partial charge on any atom is 0.296 e. The molecule has 0 unspecified atom stereocenters. The van der Waals surface area contributed by atoms with Crippen molar-refractivity contribution < 1.29 is 23.0 Å². The highest BCUT2D eigenvalue weighted by atomic mass is 19.3. The molecule has 1 atom stereocenters. The van der Waals surface area contributed by atoms with E-state index in [0.717, 1.165) is 5.56 Å². The predicted octanol–water partition coefficient (Wildman–Crippen LogP) is 4.62. The van der Waals surface area contributed by atoms with E-state index in [1.54, 1.807) is 36.4 Å². The number of nitrogens with zero attached hydrogens (tertiary/aromatic N) is 7. The van der Waals surface area contributed by atoms with Crippen LogP contribution in [-0.2, 0) is 7.05 Å². The summed E-state index contributed by atoms with van der Waals surface area (Å²) in [5.74, 6) is -1.08. The number of aliphatic imine (C=N–C) groups is 1. The molecule has 1 saturated heterocycles. The van der Waals surface area contributed by atoms with Gasteiger partial charge in [0.15, 0.2) is 11.9 Å². The summed E-state index contributed by atoms with van der Waals surface area (Å²) in [4.78, 5) is 22.7. The Bertz CT molecular complexity index is 1610. The molecule has 0 aliphatic carbocycles. The Morgan fingerprint density at radius 3 is 2.73 bits per heavy atom. The summed E-state index contributed by atoms with van der Waals surface area (Å²) in [6, 6.07) is 5.42. The molecule has 1 fully saturated rings. The quantitative estimate of drug-likeness (QED) is 0.230. The van der Waals surface area contributed by atoms with Crippen LogP contribution in [0.25, 0.3) is 17.0 Å². The largest absolute Gasteiger partial charge is 0.478 e. The Hall–Kier alpha value is -4.65. The Balaban J connectivity index is 1.45. The van der Waals surface area contributed by atoms with Crippen molar-refractivity contribution >= 4 is 35.2 Å². The molecular weight excluding hydrogens is 534 g/mol. The number of nitrogens with one attached hydrogen (secondary N) is 1. The second-order valence-corrected chi connectivity index (χ2v) is 9.72. The summed E-state index contributed by atoms with van der Waals surface area (Å²) >= 11 is 0. The van der Waals surface area contributed by atoms with Gasteiger partial charge in [-0.25, -0.2) is 33.7 Å². The molecule has 4 aromatic rings. The number of methoxy groups -OCH3 is 1. The molecule has 11 nitrogen and oxygen atoms in total. The molecule has 0 amide bonds. The van der Waals surface area contributed by atoms with Gasteiger partial charge in [-0.15, -0.1) is 0 Å². The van der Waals surface area contributed by atoms with Crippen molar-refractivity contribution in [3.63, 3.8) is 0 Å². The molecular formula is C28H30F2N8O3. The second kappa shape index (κ2) is 11.5. The van der Waals surface area contributed by atoms with Crippen LogP contribution in [0.5, 0.6) is 17.4 Å². The molecule has 3 aromatic heterocycles. The molecule has 1 aliphatic heterocycles. The van der Waals surface area contributed by atoms with Gasteiger partial charge in [-0.1, -0.05) is 0 Å². The number of hydrogen-bond acceptors (Lipinski definition) is 10. The summed E-state index contributed by atoms with van der Waals surface area (Å²) in [6.45, 7) is 5.53. The van der Waals surface area contributed by atoms with Crippen LogP contribution in [0.15, 0.2) is 54.0 Å². The van der Waals surface area contributed by atoms with E-state index in [1.165, 1.54) is 19.6 Å². The molecule has 5 rings (SSSR count). The third-order valence-corrected chi connectivity index (χ3v) is 6.70. The average Bonchev–Trinajstić information content (AvgIpc) is 3.34. The van der Waals surface area contributed by atoms with Gasteiger partial charge in [-0.3, -0.25) is 0 Å². The number of aryl methyl sites for hydroxylation is 2. The van der Waals surface area contributed by atoms with Gasteiger partial charge >= 0.3 is 0 Å². The molecule has 0 radical (unpaired) electrons.